The van der Waals surface area contributed by atoms with Crippen molar-refractivity contribution in [2.45, 2.75) is 129 Å². The van der Waals surface area contributed by atoms with Gasteiger partial charge in [-0.15, -0.1) is 0 Å². The molecule has 0 aliphatic rings. The normalized spacial score (nSPS) is 11.4. The molecule has 0 bridgehead atoms. The summed E-state index contributed by atoms with van der Waals surface area (Å²) in [6.07, 6.45) is 20.2. The van der Waals surface area contributed by atoms with Gasteiger partial charge in [0, 0.05) is 13.0 Å². The number of rotatable bonds is 22. The molecule has 8 heteroatoms. The Labute approximate surface area is 218 Å². The number of hydrogen-bond donors (Lipinski definition) is 3. The zero-order valence-corrected chi connectivity index (χ0v) is 22.8. The number of nitrogens with two attached hydrogens (primary N) is 2. The maximum absolute atomic E-state index is 12.0. The van der Waals surface area contributed by atoms with Gasteiger partial charge in [-0.25, -0.2) is 0 Å². The van der Waals surface area contributed by atoms with Crippen LogP contribution in [0.1, 0.15) is 122 Å². The van der Waals surface area contributed by atoms with Gasteiger partial charge >= 0.3 is 29.6 Å². The molecular weight excluding hydrogens is 415 g/mol. The Balaban J connectivity index is 0. The molecule has 0 aromatic carbocycles. The second-order valence-corrected chi connectivity index (χ2v) is 8.59. The van der Waals surface area contributed by atoms with Crippen molar-refractivity contribution in [1.82, 2.24) is 5.32 Å². The van der Waals surface area contributed by atoms with E-state index in [1.807, 2.05) is 0 Å². The van der Waals surface area contributed by atoms with Crippen molar-refractivity contribution >= 4 is 17.8 Å². The molecule has 0 unspecified atom stereocenters. The average Bonchev–Trinajstić information content (AvgIpc) is 2.72. The molecular formula is C24H47N4NaO3. The topological polar surface area (TPSA) is 134 Å². The van der Waals surface area contributed by atoms with Crippen molar-refractivity contribution in [2.24, 2.45) is 16.5 Å². The van der Waals surface area contributed by atoms with Crippen molar-refractivity contribution in [2.75, 3.05) is 6.54 Å². The molecule has 32 heavy (non-hydrogen) atoms. The molecule has 0 aliphatic carbocycles. The second-order valence-electron chi connectivity index (χ2n) is 8.59. The van der Waals surface area contributed by atoms with Crippen molar-refractivity contribution in [3.8, 4) is 0 Å². The molecule has 182 valence electrons. The van der Waals surface area contributed by atoms with Gasteiger partial charge in [0.25, 0.3) is 0 Å². The molecule has 1 amide bonds. The van der Waals surface area contributed by atoms with Crippen LogP contribution < -0.4 is 51.4 Å². The predicted octanol–water partition coefficient (Wildman–Crippen LogP) is 0.540. The number of carboxylic acid groups (broad SMARTS) is 1. The number of amides is 1. The summed E-state index contributed by atoms with van der Waals surface area (Å²) < 4.78 is 0. The fraction of sp³-hybridized carbons (Fsp3) is 0.875. The fourth-order valence-electron chi connectivity index (χ4n) is 3.68. The first-order valence-electron chi connectivity index (χ1n) is 12.5. The van der Waals surface area contributed by atoms with Crippen molar-refractivity contribution in [3.63, 3.8) is 0 Å². The molecule has 0 spiro atoms. The summed E-state index contributed by atoms with van der Waals surface area (Å²) in [4.78, 5) is 26.9. The van der Waals surface area contributed by atoms with Gasteiger partial charge in [0.05, 0.1) is 12.0 Å². The van der Waals surface area contributed by atoms with Gasteiger partial charge in [-0.1, -0.05) is 96.8 Å². The van der Waals surface area contributed by atoms with Gasteiger partial charge in [-0.3, -0.25) is 9.79 Å². The number of aliphatic imine (C=N–C) groups is 1. The van der Waals surface area contributed by atoms with Crippen molar-refractivity contribution in [3.05, 3.63) is 0 Å². The van der Waals surface area contributed by atoms with Crippen LogP contribution in [0.25, 0.3) is 0 Å². The SMILES string of the molecule is CCCCCCCCCCCCCCCCCC(=O)N[C@@H](CCCN=C(N)N)C(=O)[O-].[Na+]. The van der Waals surface area contributed by atoms with Gasteiger partial charge in [0.1, 0.15) is 0 Å². The molecule has 0 heterocycles. The number of aliphatic carboxylic acids is 1. The predicted molar refractivity (Wildman–Crippen MR) is 126 cm³/mol. The molecule has 0 aliphatic heterocycles. The maximum atomic E-state index is 12.0. The van der Waals surface area contributed by atoms with E-state index in [9.17, 15) is 14.7 Å². The maximum Gasteiger partial charge on any atom is 1.00 e. The third-order valence-corrected chi connectivity index (χ3v) is 5.57. The number of hydrogen-bond acceptors (Lipinski definition) is 4. The largest absolute Gasteiger partial charge is 1.00 e. The molecule has 0 saturated heterocycles. The van der Waals surface area contributed by atoms with E-state index in [4.69, 9.17) is 11.5 Å². The summed E-state index contributed by atoms with van der Waals surface area (Å²) in [6.45, 7) is 2.59. The standard InChI is InChI=1S/C24H48N4O3.Na/c1-2-3-4-5-6-7-8-9-10-11-12-13-14-15-16-19-22(29)28-21(23(30)31)18-17-20-27-24(25)26;/h21H,2-20H2,1H3,(H,28,29)(H,30,31)(H4,25,26,27);/q;+1/p-1/t21-;/m0./s1. The van der Waals surface area contributed by atoms with Gasteiger partial charge in [0.15, 0.2) is 5.96 Å². The van der Waals surface area contributed by atoms with E-state index in [0.29, 0.717) is 19.4 Å². The molecule has 0 aromatic heterocycles. The molecule has 0 fully saturated rings. The van der Waals surface area contributed by atoms with E-state index in [2.05, 4.69) is 17.2 Å². The summed E-state index contributed by atoms with van der Waals surface area (Å²) in [6, 6.07) is -0.988. The zero-order chi connectivity index (χ0) is 23.2. The molecule has 7 nitrogen and oxygen atoms in total. The van der Waals surface area contributed by atoms with Crippen LogP contribution in [0.5, 0.6) is 0 Å². The summed E-state index contributed by atoms with van der Waals surface area (Å²) in [7, 11) is 0. The van der Waals surface area contributed by atoms with Gasteiger partial charge < -0.3 is 26.7 Å². The summed E-state index contributed by atoms with van der Waals surface area (Å²) in [5, 5.41) is 13.7. The Bertz CT molecular complexity index is 486. The van der Waals surface area contributed by atoms with Gasteiger partial charge in [-0.2, -0.15) is 0 Å². The van der Waals surface area contributed by atoms with E-state index < -0.39 is 12.0 Å². The number of carbonyl (C=O) groups excluding carboxylic acids is 2. The summed E-state index contributed by atoms with van der Waals surface area (Å²) in [5.74, 6) is -1.53. The molecule has 5 N–H and O–H groups in total. The van der Waals surface area contributed by atoms with Gasteiger partial charge in [-0.05, 0) is 19.3 Å². The monoisotopic (exact) mass is 462 g/mol. The third-order valence-electron chi connectivity index (χ3n) is 5.57. The van der Waals surface area contributed by atoms with Crippen LogP contribution in [0, 0.1) is 0 Å². The van der Waals surface area contributed by atoms with Crippen LogP contribution in [0.3, 0.4) is 0 Å². The number of carbonyl (C=O) groups is 2. The Kier molecular flexibility index (Phi) is 25.9. The quantitative estimate of drug-likeness (QED) is 0.0934. The minimum atomic E-state index is -1.27. The molecule has 1 atom stereocenters. The van der Waals surface area contributed by atoms with Crippen LogP contribution in [0.2, 0.25) is 0 Å². The van der Waals surface area contributed by atoms with Crippen LogP contribution in [-0.4, -0.2) is 30.4 Å². The number of nitrogens with zero attached hydrogens (tertiary/aromatic N) is 1. The second kappa shape index (κ2) is 24.8. The number of carboxylic acids is 1. The van der Waals surface area contributed by atoms with Crippen molar-refractivity contribution in [1.29, 1.82) is 0 Å². The van der Waals surface area contributed by atoms with E-state index in [-0.39, 0.29) is 47.8 Å². The molecule has 0 radical (unpaired) electrons. The van der Waals surface area contributed by atoms with Gasteiger partial charge in [0.2, 0.25) is 5.91 Å². The van der Waals surface area contributed by atoms with Crippen molar-refractivity contribution < 1.29 is 44.3 Å². The van der Waals surface area contributed by atoms with Crippen LogP contribution in [0.4, 0.5) is 0 Å². The minimum absolute atomic E-state index is 0. The fourth-order valence-corrected chi connectivity index (χ4v) is 3.68. The average molecular weight is 463 g/mol. The first kappa shape index (κ1) is 33.4. The Morgan fingerprint density at radius 3 is 1.62 bits per heavy atom. The number of guanidine groups is 1. The molecule has 0 aromatic rings. The summed E-state index contributed by atoms with van der Waals surface area (Å²) >= 11 is 0. The summed E-state index contributed by atoms with van der Waals surface area (Å²) in [5.41, 5.74) is 10.5. The van der Waals surface area contributed by atoms with E-state index in [0.717, 1.165) is 19.3 Å². The van der Waals surface area contributed by atoms with Crippen LogP contribution in [-0.2, 0) is 9.59 Å². The molecule has 0 rings (SSSR count). The zero-order valence-electron chi connectivity index (χ0n) is 20.8. The Hall–Kier alpha value is -0.790. The number of unbranched alkanes of at least 4 members (excludes halogenated alkanes) is 14. The van der Waals surface area contributed by atoms with E-state index in [1.165, 1.54) is 77.0 Å². The minimum Gasteiger partial charge on any atom is -0.548 e. The third kappa shape index (κ3) is 23.9. The van der Waals surface area contributed by atoms with E-state index in [1.54, 1.807) is 0 Å². The number of nitrogens with one attached hydrogen (secondary N) is 1. The smallest absolute Gasteiger partial charge is 0.548 e. The Morgan fingerprint density at radius 2 is 1.22 bits per heavy atom. The first-order chi connectivity index (χ1) is 15.0. The van der Waals surface area contributed by atoms with E-state index >= 15 is 0 Å². The molecule has 0 saturated carbocycles. The van der Waals surface area contributed by atoms with Crippen LogP contribution in [0.15, 0.2) is 4.99 Å². The van der Waals surface area contributed by atoms with Crippen LogP contribution >= 0.6 is 0 Å². The first-order valence-corrected chi connectivity index (χ1v) is 12.5. The Morgan fingerprint density at radius 1 is 0.781 bits per heavy atom.